The number of rotatable bonds is 4. The average molecular weight is 672 g/mol. The van der Waals surface area contributed by atoms with Crippen LogP contribution in [0.4, 0.5) is 0 Å². The summed E-state index contributed by atoms with van der Waals surface area (Å²) in [7, 11) is -3.59. The summed E-state index contributed by atoms with van der Waals surface area (Å²) in [6, 6.07) is 5.24. The van der Waals surface area contributed by atoms with E-state index in [0.29, 0.717) is 42.5 Å². The fourth-order valence-corrected chi connectivity index (χ4v) is 5.52. The first kappa shape index (κ1) is 26.7. The SMILES string of the molecule is CS(=O)(=O)OC[C@@H]1COc2c(Br)cnc3ccc(=O)n1c23.O=c1ccc2ncc(Br)c3c2n1[C@H](CO)CO3. The summed E-state index contributed by atoms with van der Waals surface area (Å²) >= 11 is 6.68. The third-order valence-corrected chi connectivity index (χ3v) is 7.66. The predicted molar refractivity (Wildman–Crippen MR) is 144 cm³/mol. The number of aliphatic hydroxyl groups excluding tert-OH is 1. The second-order valence-electron chi connectivity index (χ2n) is 8.52. The molecule has 0 bridgehead atoms. The van der Waals surface area contributed by atoms with E-state index in [1.165, 1.54) is 16.7 Å². The highest BCUT2D eigenvalue weighted by molar-refractivity contribution is 9.11. The molecule has 0 saturated heterocycles. The van der Waals surface area contributed by atoms with Crippen LogP contribution in [0.2, 0.25) is 0 Å². The molecule has 6 heterocycles. The van der Waals surface area contributed by atoms with Gasteiger partial charge in [0.25, 0.3) is 21.2 Å². The van der Waals surface area contributed by atoms with E-state index in [2.05, 4.69) is 41.8 Å². The Labute approximate surface area is 232 Å². The standard InChI is InChI=1S/C12H11BrN2O5S.C11H9BrN2O3/c1-21(17,18)20-6-7-5-19-12-8(13)4-14-9-2-3-10(16)15(7)11(9)12;12-7-3-13-8-1-2-9(16)14-6(4-15)5-17-11(7)10(8)14/h2-4,7H,5-6H2,1H3;1-3,6,15H,4-5H2/t7-;6-/m01/s1. The Morgan fingerprint density at radius 1 is 0.921 bits per heavy atom. The highest BCUT2D eigenvalue weighted by Gasteiger charge is 2.27. The van der Waals surface area contributed by atoms with E-state index >= 15 is 0 Å². The van der Waals surface area contributed by atoms with Crippen molar-refractivity contribution in [2.45, 2.75) is 12.1 Å². The first-order valence-electron chi connectivity index (χ1n) is 11.2. The lowest BCUT2D eigenvalue weighted by Crippen LogP contribution is -2.35. The van der Waals surface area contributed by atoms with E-state index in [9.17, 15) is 23.1 Å². The maximum absolute atomic E-state index is 12.2. The van der Waals surface area contributed by atoms with Crippen LogP contribution in [0.25, 0.3) is 22.1 Å². The highest BCUT2D eigenvalue weighted by Crippen LogP contribution is 2.37. The van der Waals surface area contributed by atoms with Crippen molar-refractivity contribution in [3.8, 4) is 11.5 Å². The lowest BCUT2D eigenvalue weighted by atomic mass is 10.2. The summed E-state index contributed by atoms with van der Waals surface area (Å²) in [5, 5.41) is 9.29. The average Bonchev–Trinajstić information content (AvgIpc) is 2.89. The molecule has 38 heavy (non-hydrogen) atoms. The van der Waals surface area contributed by atoms with Crippen molar-refractivity contribution in [3.63, 3.8) is 0 Å². The first-order chi connectivity index (χ1) is 18.1. The van der Waals surface area contributed by atoms with E-state index in [4.69, 9.17) is 13.7 Å². The fraction of sp³-hybridized carbons (Fsp3) is 0.304. The summed E-state index contributed by atoms with van der Waals surface area (Å²) in [6.07, 6.45) is 4.21. The molecule has 12 nitrogen and oxygen atoms in total. The van der Waals surface area contributed by atoms with Gasteiger partial charge in [0.15, 0.2) is 11.5 Å². The Morgan fingerprint density at radius 2 is 1.39 bits per heavy atom. The van der Waals surface area contributed by atoms with Gasteiger partial charge < -0.3 is 14.6 Å². The number of nitrogens with zero attached hydrogens (tertiary/aromatic N) is 4. The van der Waals surface area contributed by atoms with Crippen LogP contribution in [0.15, 0.2) is 55.2 Å². The topological polar surface area (TPSA) is 152 Å². The number of hydrogen-bond donors (Lipinski definition) is 1. The third kappa shape index (κ3) is 4.96. The number of halogens is 2. The quantitative estimate of drug-likeness (QED) is 0.320. The molecule has 0 fully saturated rings. The van der Waals surface area contributed by atoms with E-state index in [0.717, 1.165) is 6.26 Å². The molecule has 6 rings (SSSR count). The molecule has 2 atom stereocenters. The van der Waals surface area contributed by atoms with E-state index in [1.54, 1.807) is 29.1 Å². The Bertz CT molecular complexity index is 1790. The van der Waals surface area contributed by atoms with E-state index in [1.807, 2.05) is 0 Å². The van der Waals surface area contributed by atoms with Gasteiger partial charge in [0.2, 0.25) is 0 Å². The van der Waals surface area contributed by atoms with Crippen molar-refractivity contribution in [3.05, 3.63) is 66.3 Å². The van der Waals surface area contributed by atoms with Crippen LogP contribution in [0, 0.1) is 0 Å². The van der Waals surface area contributed by atoms with Crippen LogP contribution >= 0.6 is 31.9 Å². The number of hydrogen-bond acceptors (Lipinski definition) is 10. The van der Waals surface area contributed by atoms with Crippen molar-refractivity contribution in [2.24, 2.45) is 0 Å². The molecule has 15 heteroatoms. The molecule has 2 aliphatic heterocycles. The summed E-state index contributed by atoms with van der Waals surface area (Å²) in [4.78, 5) is 32.5. The molecular weight excluding hydrogens is 652 g/mol. The summed E-state index contributed by atoms with van der Waals surface area (Å²) in [6.45, 7) is 0.129. The zero-order valence-electron chi connectivity index (χ0n) is 19.7. The van der Waals surface area contributed by atoms with Crippen LogP contribution in [-0.2, 0) is 14.3 Å². The van der Waals surface area contributed by atoms with Gasteiger partial charge in [-0.05, 0) is 44.0 Å². The molecule has 4 aromatic rings. The molecule has 200 valence electrons. The van der Waals surface area contributed by atoms with Crippen LogP contribution in [0.1, 0.15) is 12.1 Å². The minimum Gasteiger partial charge on any atom is -0.488 e. The maximum Gasteiger partial charge on any atom is 0.264 e. The van der Waals surface area contributed by atoms with Crippen LogP contribution < -0.4 is 20.6 Å². The molecule has 0 radical (unpaired) electrons. The van der Waals surface area contributed by atoms with Gasteiger partial charge in [-0.15, -0.1) is 0 Å². The van der Waals surface area contributed by atoms with E-state index < -0.39 is 16.2 Å². The molecule has 0 amide bonds. The van der Waals surface area contributed by atoms with Crippen LogP contribution in [-0.4, -0.2) is 65.3 Å². The molecule has 0 saturated carbocycles. The van der Waals surface area contributed by atoms with Crippen molar-refractivity contribution in [2.75, 3.05) is 32.7 Å². The monoisotopic (exact) mass is 670 g/mol. The number of aromatic nitrogens is 4. The molecular formula is C23H20Br2N4O8S. The second kappa shape index (κ2) is 10.4. The maximum atomic E-state index is 12.2. The minimum atomic E-state index is -3.59. The normalized spacial score (nSPS) is 17.9. The number of pyridine rings is 4. The first-order valence-corrected chi connectivity index (χ1v) is 14.6. The van der Waals surface area contributed by atoms with Crippen molar-refractivity contribution >= 4 is 64.0 Å². The minimum absolute atomic E-state index is 0.134. The van der Waals surface area contributed by atoms with Crippen molar-refractivity contribution < 1.29 is 27.2 Å². The van der Waals surface area contributed by atoms with Gasteiger partial charge in [0, 0.05) is 24.5 Å². The van der Waals surface area contributed by atoms with Crippen molar-refractivity contribution in [1.82, 2.24) is 19.1 Å². The lowest BCUT2D eigenvalue weighted by Gasteiger charge is -2.27. The molecule has 4 aromatic heterocycles. The Balaban J connectivity index is 0.000000158. The molecule has 1 N–H and O–H groups in total. The van der Waals surface area contributed by atoms with Gasteiger partial charge in [0.05, 0.1) is 51.5 Å². The largest absolute Gasteiger partial charge is 0.488 e. The highest BCUT2D eigenvalue weighted by atomic mass is 79.9. The summed E-state index contributed by atoms with van der Waals surface area (Å²) < 4.78 is 42.6. The molecule has 0 spiro atoms. The molecule has 0 unspecified atom stereocenters. The zero-order valence-corrected chi connectivity index (χ0v) is 23.7. The molecule has 0 aromatic carbocycles. The number of aliphatic hydroxyl groups is 1. The van der Waals surface area contributed by atoms with Gasteiger partial charge in [0.1, 0.15) is 24.2 Å². The number of ether oxygens (including phenoxy) is 2. The van der Waals surface area contributed by atoms with Crippen LogP contribution in [0.3, 0.4) is 0 Å². The van der Waals surface area contributed by atoms with Gasteiger partial charge in [-0.1, -0.05) is 0 Å². The van der Waals surface area contributed by atoms with Crippen molar-refractivity contribution in [1.29, 1.82) is 0 Å². The van der Waals surface area contributed by atoms with Gasteiger partial charge in [-0.25, -0.2) is 0 Å². The zero-order chi connectivity index (χ0) is 27.2. The van der Waals surface area contributed by atoms with Crippen LogP contribution in [0.5, 0.6) is 11.5 Å². The smallest absolute Gasteiger partial charge is 0.264 e. The van der Waals surface area contributed by atoms with Gasteiger partial charge >= 0.3 is 0 Å². The van der Waals surface area contributed by atoms with Gasteiger partial charge in [-0.3, -0.25) is 32.9 Å². The predicted octanol–water partition coefficient (Wildman–Crippen LogP) is 2.15. The van der Waals surface area contributed by atoms with E-state index in [-0.39, 0.29) is 43.6 Å². The third-order valence-electron chi connectivity index (χ3n) is 5.96. The Morgan fingerprint density at radius 3 is 1.87 bits per heavy atom. The fourth-order valence-electron chi connectivity index (χ4n) is 4.31. The van der Waals surface area contributed by atoms with Gasteiger partial charge in [-0.2, -0.15) is 8.42 Å². The summed E-state index contributed by atoms with van der Waals surface area (Å²) in [5.41, 5.74) is 2.04. The second-order valence-corrected chi connectivity index (χ2v) is 11.9. The molecule has 0 aliphatic carbocycles. The molecule has 2 aliphatic rings. The Hall–Kier alpha value is -2.85. The Kier molecular flexibility index (Phi) is 7.30. The summed E-state index contributed by atoms with van der Waals surface area (Å²) in [5.74, 6) is 1.13. The lowest BCUT2D eigenvalue weighted by molar-refractivity contribution is 0.156.